The van der Waals surface area contributed by atoms with E-state index in [1.807, 2.05) is 48.5 Å². The molecule has 0 bridgehead atoms. The van der Waals surface area contributed by atoms with Gasteiger partial charge in [-0.1, -0.05) is 190 Å². The van der Waals surface area contributed by atoms with Gasteiger partial charge < -0.3 is 31.8 Å². The van der Waals surface area contributed by atoms with Gasteiger partial charge in [-0.25, -0.2) is 0 Å². The zero-order chi connectivity index (χ0) is 66.6. The van der Waals surface area contributed by atoms with Gasteiger partial charge in [0.25, 0.3) is 0 Å². The Morgan fingerprint density at radius 3 is 1.01 bits per heavy atom. The smallest absolute Gasteiger partial charge is 0.456 e. The lowest BCUT2D eigenvalue weighted by atomic mass is 9.79. The summed E-state index contributed by atoms with van der Waals surface area (Å²) in [6, 6.07) is 99.5. The predicted octanol–water partition coefficient (Wildman–Crippen LogP) is 22.0. The van der Waals surface area contributed by atoms with E-state index in [0.717, 1.165) is 53.7 Å². The molecule has 1 aliphatic heterocycles. The molecule has 6 heterocycles. The number of nitrogens with zero attached hydrogens (tertiary/aromatic N) is 3. The maximum atomic E-state index is 13.9. The quantitative estimate of drug-likeness (QED) is 0.122. The molecular weight excluding hydrogens is 1340 g/mol. The van der Waals surface area contributed by atoms with Crippen molar-refractivity contribution in [3.8, 4) is 39.3 Å². The van der Waals surface area contributed by atoms with Crippen molar-refractivity contribution in [1.29, 1.82) is 0 Å². The molecule has 472 valence electrons. The highest BCUT2D eigenvalue weighted by Crippen LogP contribution is 2.39. The molecule has 9 nitrogen and oxygen atoms in total. The first-order valence-electron chi connectivity index (χ1n) is 32.7. The Morgan fingerprint density at radius 2 is 0.592 bits per heavy atom. The van der Waals surface area contributed by atoms with Crippen LogP contribution in [-0.2, 0) is 9.31 Å². The zero-order valence-corrected chi connectivity index (χ0v) is 57.0. The summed E-state index contributed by atoms with van der Waals surface area (Å²) in [6.45, 7) is 8.33. The summed E-state index contributed by atoms with van der Waals surface area (Å²) in [6.07, 6.45) is 0. The average molecular weight is 1400 g/mol. The third kappa shape index (κ3) is 10.5. The largest absolute Gasteiger partial charge is 0.494 e. The van der Waals surface area contributed by atoms with E-state index in [0.29, 0.717) is 43.9 Å². The van der Waals surface area contributed by atoms with Gasteiger partial charge in [0.05, 0.1) is 65.8 Å². The van der Waals surface area contributed by atoms with Crippen molar-refractivity contribution in [2.75, 3.05) is 0 Å². The van der Waals surface area contributed by atoms with Crippen molar-refractivity contribution in [3.05, 3.63) is 321 Å². The van der Waals surface area contributed by atoms with E-state index < -0.39 is 0 Å². The van der Waals surface area contributed by atoms with Crippen LogP contribution in [0.25, 0.3) is 149 Å². The van der Waals surface area contributed by atoms with Crippen LogP contribution in [0.5, 0.6) is 0 Å². The fourth-order valence-electron chi connectivity index (χ4n) is 14.0. The maximum absolute atomic E-state index is 13.9. The van der Waals surface area contributed by atoms with Gasteiger partial charge in [0.15, 0.2) is 0 Å². The minimum atomic E-state index is -0.336. The molecule has 18 aromatic rings. The van der Waals surface area contributed by atoms with Gasteiger partial charge in [0, 0.05) is 58.3 Å². The molecule has 0 aliphatic carbocycles. The van der Waals surface area contributed by atoms with Crippen LogP contribution >= 0.6 is 31.9 Å². The summed E-state index contributed by atoms with van der Waals surface area (Å²) < 4.78 is 33.2. The first kappa shape index (κ1) is 60.8. The number of halogens is 2. The Labute approximate surface area is 580 Å². The summed E-state index contributed by atoms with van der Waals surface area (Å²) in [7, 11) is -0.336. The SMILES string of the molecule is CC1(C)OB(c2ccc(-n3c4ccccc4c4ccccc43)cc2)OC1(C)C.O=c1c2ccc(-c3ccc(-n4c5ccccc5c5ccccc54)cc3)cc2oc2ccc(-c3ccc(-n4c5ccccc5c5ccccc54)cc3)cc12.O=c1c2ccc(Br)cc2oc2ccc(Br)cc12. The van der Waals surface area contributed by atoms with E-state index >= 15 is 0 Å². The molecule has 0 spiro atoms. The Bertz CT molecular complexity index is 6170. The molecule has 1 saturated heterocycles. The molecular formula is C86H60BBr2N3O6. The van der Waals surface area contributed by atoms with Crippen molar-refractivity contribution in [1.82, 2.24) is 13.7 Å². The van der Waals surface area contributed by atoms with Gasteiger partial charge in [0.2, 0.25) is 10.9 Å². The van der Waals surface area contributed by atoms with Crippen LogP contribution in [0.1, 0.15) is 27.7 Å². The first-order valence-corrected chi connectivity index (χ1v) is 34.2. The van der Waals surface area contributed by atoms with Crippen molar-refractivity contribution in [2.45, 2.75) is 38.9 Å². The van der Waals surface area contributed by atoms with Gasteiger partial charge in [-0.3, -0.25) is 9.59 Å². The third-order valence-electron chi connectivity index (χ3n) is 19.6. The number of para-hydroxylation sites is 6. The molecule has 19 rings (SSSR count). The summed E-state index contributed by atoms with van der Waals surface area (Å²) in [4.78, 5) is 26.2. The second-order valence-corrected chi connectivity index (χ2v) is 27.8. The number of benzene rings is 13. The molecule has 13 aromatic carbocycles. The number of hydrogen-bond acceptors (Lipinski definition) is 6. The molecule has 0 N–H and O–H groups in total. The van der Waals surface area contributed by atoms with Crippen molar-refractivity contribution in [3.63, 3.8) is 0 Å². The number of fused-ring (bicyclic) bond motifs is 13. The molecule has 0 unspecified atom stereocenters. The average Bonchev–Trinajstić information content (AvgIpc) is 1.42. The molecule has 1 aliphatic rings. The molecule has 12 heteroatoms. The van der Waals surface area contributed by atoms with E-state index in [9.17, 15) is 9.59 Å². The van der Waals surface area contributed by atoms with Crippen molar-refractivity contribution < 1.29 is 18.1 Å². The third-order valence-corrected chi connectivity index (χ3v) is 20.6. The van der Waals surface area contributed by atoms with Crippen molar-refractivity contribution in [2.24, 2.45) is 0 Å². The number of aromatic nitrogens is 3. The van der Waals surface area contributed by atoms with Crippen LogP contribution in [0.2, 0.25) is 0 Å². The van der Waals surface area contributed by atoms with Crippen LogP contribution in [0.4, 0.5) is 0 Å². The minimum Gasteiger partial charge on any atom is -0.456 e. The lowest BCUT2D eigenvalue weighted by molar-refractivity contribution is 0.00578. The summed E-state index contributed by atoms with van der Waals surface area (Å²) in [5.41, 5.74) is 17.2. The minimum absolute atomic E-state index is 0.00458. The van der Waals surface area contributed by atoms with Crippen LogP contribution in [0.15, 0.2) is 319 Å². The Kier molecular flexibility index (Phi) is 14.9. The number of hydrogen-bond donors (Lipinski definition) is 0. The highest BCUT2D eigenvalue weighted by atomic mass is 79.9. The van der Waals surface area contributed by atoms with E-state index in [-0.39, 0.29) is 29.2 Å². The summed E-state index contributed by atoms with van der Waals surface area (Å²) in [5, 5.41) is 9.83. The van der Waals surface area contributed by atoms with Gasteiger partial charge in [0.1, 0.15) is 22.3 Å². The van der Waals surface area contributed by atoms with E-state index in [1.54, 1.807) is 24.3 Å². The summed E-state index contributed by atoms with van der Waals surface area (Å²) >= 11 is 6.72. The van der Waals surface area contributed by atoms with Crippen LogP contribution < -0.4 is 16.3 Å². The van der Waals surface area contributed by atoms with Crippen LogP contribution in [0.3, 0.4) is 0 Å². The van der Waals surface area contributed by atoms with E-state index in [1.165, 1.54) is 65.4 Å². The number of rotatable bonds is 6. The fraction of sp³-hybridized carbons (Fsp3) is 0.0698. The molecule has 98 heavy (non-hydrogen) atoms. The van der Waals surface area contributed by atoms with Gasteiger partial charge in [-0.2, -0.15) is 0 Å². The molecule has 5 aromatic heterocycles. The van der Waals surface area contributed by atoms with Crippen molar-refractivity contribution >= 4 is 154 Å². The van der Waals surface area contributed by atoms with E-state index in [2.05, 4.69) is 292 Å². The Morgan fingerprint density at radius 1 is 0.286 bits per heavy atom. The van der Waals surface area contributed by atoms with Gasteiger partial charge in [-0.15, -0.1) is 0 Å². The monoisotopic (exact) mass is 1400 g/mol. The van der Waals surface area contributed by atoms with Crippen LogP contribution in [-0.4, -0.2) is 32.0 Å². The summed E-state index contributed by atoms with van der Waals surface area (Å²) in [5.74, 6) is 0. The zero-order valence-electron chi connectivity index (χ0n) is 53.8. The lowest BCUT2D eigenvalue weighted by Gasteiger charge is -2.32. The maximum Gasteiger partial charge on any atom is 0.494 e. The predicted molar refractivity (Wildman–Crippen MR) is 411 cm³/mol. The molecule has 0 saturated carbocycles. The fourth-order valence-corrected chi connectivity index (χ4v) is 14.7. The van der Waals surface area contributed by atoms with Gasteiger partial charge in [-0.05, 0) is 189 Å². The Balaban J connectivity index is 0.000000132. The van der Waals surface area contributed by atoms with E-state index in [4.69, 9.17) is 18.1 Å². The lowest BCUT2D eigenvalue weighted by Crippen LogP contribution is -2.41. The second-order valence-electron chi connectivity index (χ2n) is 25.9. The first-order chi connectivity index (χ1) is 47.7. The molecule has 1 fully saturated rings. The van der Waals surface area contributed by atoms with Gasteiger partial charge >= 0.3 is 7.12 Å². The topological polar surface area (TPSA) is 93.7 Å². The standard InChI is InChI=1S/C49H30N2O2.C24H24BNO2.C13H6Br2O2/c52-49-41-27-21-34(32-19-25-36(26-20-32)51-45-15-7-3-11-39(45)40-12-4-8-16-46(40)51)30-48(41)53-47-28-22-33(29-42(47)49)31-17-23-35(24-18-31)50-43-13-5-1-9-37(43)38-10-2-6-14-44(38)50;1-23(2)24(3,4)28-25(27-23)17-13-15-18(16-14-17)26-21-11-7-5-9-19(21)20-10-6-8-12-22(20)26;14-7-2-4-11-10(5-7)13(16)9-3-1-8(15)6-12(9)17-11/h1-30H;5-16H,1-4H3;1-6H. The molecule has 0 radical (unpaired) electrons. The van der Waals surface area contributed by atoms with Crippen LogP contribution in [0, 0.1) is 0 Å². The highest BCUT2D eigenvalue weighted by molar-refractivity contribution is 9.10. The Hall–Kier alpha value is -10.9. The molecule has 0 amide bonds. The normalized spacial score (nSPS) is 13.6. The second kappa shape index (κ2) is 24.0. The molecule has 0 atom stereocenters. The highest BCUT2D eigenvalue weighted by Gasteiger charge is 2.51.